The summed E-state index contributed by atoms with van der Waals surface area (Å²) in [7, 11) is 0. The SMILES string of the molecule is Cc1nc(Cl)nc(N2CC(=O)Nc3ccccc32)c1N. The Morgan fingerprint density at radius 2 is 2.10 bits per heavy atom. The number of carbonyl (C=O) groups is 1. The minimum atomic E-state index is -0.129. The van der Waals surface area contributed by atoms with E-state index in [2.05, 4.69) is 15.3 Å². The number of halogens is 1. The fourth-order valence-corrected chi connectivity index (χ4v) is 2.37. The van der Waals surface area contributed by atoms with Gasteiger partial charge < -0.3 is 16.0 Å². The summed E-state index contributed by atoms with van der Waals surface area (Å²) in [6, 6.07) is 7.45. The fraction of sp³-hybridized carbons (Fsp3) is 0.154. The van der Waals surface area contributed by atoms with Gasteiger partial charge in [0.1, 0.15) is 6.54 Å². The predicted molar refractivity (Wildman–Crippen MR) is 78.3 cm³/mol. The molecule has 1 aliphatic heterocycles. The highest BCUT2D eigenvalue weighted by atomic mass is 35.5. The Morgan fingerprint density at radius 3 is 2.90 bits per heavy atom. The van der Waals surface area contributed by atoms with E-state index in [1.54, 1.807) is 11.8 Å². The van der Waals surface area contributed by atoms with Gasteiger partial charge in [0.15, 0.2) is 5.82 Å². The van der Waals surface area contributed by atoms with Crippen LogP contribution in [0, 0.1) is 6.92 Å². The molecule has 0 saturated carbocycles. The number of nitrogen functional groups attached to an aromatic ring is 1. The minimum Gasteiger partial charge on any atom is -0.394 e. The van der Waals surface area contributed by atoms with Gasteiger partial charge >= 0.3 is 0 Å². The van der Waals surface area contributed by atoms with E-state index < -0.39 is 0 Å². The Bertz CT molecular complexity index is 703. The van der Waals surface area contributed by atoms with Gasteiger partial charge in [0.05, 0.1) is 22.8 Å². The summed E-state index contributed by atoms with van der Waals surface area (Å²) in [5.41, 5.74) is 8.57. The van der Waals surface area contributed by atoms with Gasteiger partial charge in [0.25, 0.3) is 0 Å². The zero-order valence-electron chi connectivity index (χ0n) is 10.7. The number of nitrogens with zero attached hydrogens (tertiary/aromatic N) is 3. The quantitative estimate of drug-likeness (QED) is 0.786. The van der Waals surface area contributed by atoms with Crippen LogP contribution in [0.2, 0.25) is 5.28 Å². The second-order valence-corrected chi connectivity index (χ2v) is 4.80. The first-order valence-corrected chi connectivity index (χ1v) is 6.40. The van der Waals surface area contributed by atoms with Gasteiger partial charge in [-0.25, -0.2) is 4.98 Å². The van der Waals surface area contributed by atoms with Gasteiger partial charge in [-0.2, -0.15) is 4.98 Å². The van der Waals surface area contributed by atoms with Crippen LogP contribution in [0.1, 0.15) is 5.69 Å². The van der Waals surface area contributed by atoms with Gasteiger partial charge in [-0.15, -0.1) is 0 Å². The second kappa shape index (κ2) is 4.64. The van der Waals surface area contributed by atoms with Crippen molar-refractivity contribution in [3.8, 4) is 0 Å². The number of anilines is 4. The second-order valence-electron chi connectivity index (χ2n) is 4.47. The number of aryl methyl sites for hydroxylation is 1. The Balaban J connectivity index is 2.18. The standard InChI is InChI=1S/C13H12ClN5O/c1-7-11(15)12(18-13(14)16-7)19-6-10(20)17-8-4-2-3-5-9(8)19/h2-5H,6,15H2,1H3,(H,17,20). The first-order chi connectivity index (χ1) is 9.56. The van der Waals surface area contributed by atoms with Crippen LogP contribution in [0.3, 0.4) is 0 Å². The molecule has 0 aliphatic carbocycles. The van der Waals surface area contributed by atoms with E-state index in [1.165, 1.54) is 0 Å². The number of aromatic nitrogens is 2. The smallest absolute Gasteiger partial charge is 0.244 e. The van der Waals surface area contributed by atoms with Gasteiger partial charge in [-0.3, -0.25) is 4.79 Å². The molecule has 3 rings (SSSR count). The number of hydrogen-bond acceptors (Lipinski definition) is 5. The summed E-state index contributed by atoms with van der Waals surface area (Å²) >= 11 is 5.90. The molecule has 3 N–H and O–H groups in total. The van der Waals surface area contributed by atoms with Crippen molar-refractivity contribution >= 4 is 40.4 Å². The highest BCUT2D eigenvalue weighted by Gasteiger charge is 2.26. The number of nitrogens with two attached hydrogens (primary N) is 1. The molecule has 1 aromatic carbocycles. The largest absolute Gasteiger partial charge is 0.394 e. The molecule has 0 saturated heterocycles. The number of fused-ring (bicyclic) bond motifs is 1. The number of nitrogens with one attached hydrogen (secondary N) is 1. The van der Waals surface area contributed by atoms with Crippen molar-refractivity contribution in [2.24, 2.45) is 0 Å². The van der Waals surface area contributed by atoms with Crippen LogP contribution in [0.5, 0.6) is 0 Å². The third-order valence-corrected chi connectivity index (χ3v) is 3.28. The maximum absolute atomic E-state index is 11.8. The van der Waals surface area contributed by atoms with E-state index in [-0.39, 0.29) is 17.7 Å². The Kier molecular flexibility index (Phi) is 2.94. The number of para-hydroxylation sites is 2. The molecule has 1 aliphatic rings. The third-order valence-electron chi connectivity index (χ3n) is 3.12. The van der Waals surface area contributed by atoms with Crippen molar-refractivity contribution in [3.05, 3.63) is 35.2 Å². The molecule has 6 nitrogen and oxygen atoms in total. The van der Waals surface area contributed by atoms with E-state index >= 15 is 0 Å². The average molecular weight is 290 g/mol. The number of carbonyl (C=O) groups excluding carboxylic acids is 1. The molecule has 20 heavy (non-hydrogen) atoms. The summed E-state index contributed by atoms with van der Waals surface area (Å²) in [6.07, 6.45) is 0. The summed E-state index contributed by atoms with van der Waals surface area (Å²) in [5.74, 6) is 0.320. The van der Waals surface area contributed by atoms with Crippen LogP contribution in [0.15, 0.2) is 24.3 Å². The first-order valence-electron chi connectivity index (χ1n) is 6.02. The van der Waals surface area contributed by atoms with Crippen LogP contribution in [-0.2, 0) is 4.79 Å². The Hall–Kier alpha value is -2.34. The molecule has 0 atom stereocenters. The highest BCUT2D eigenvalue weighted by molar-refractivity contribution is 6.28. The van der Waals surface area contributed by atoms with Crippen molar-refractivity contribution in [3.63, 3.8) is 0 Å². The molecule has 0 unspecified atom stereocenters. The van der Waals surface area contributed by atoms with Gasteiger partial charge in [0, 0.05) is 0 Å². The summed E-state index contributed by atoms with van der Waals surface area (Å²) in [5, 5.41) is 2.92. The minimum absolute atomic E-state index is 0.107. The van der Waals surface area contributed by atoms with Crippen molar-refractivity contribution in [2.45, 2.75) is 6.92 Å². The number of benzene rings is 1. The molecule has 7 heteroatoms. The maximum Gasteiger partial charge on any atom is 0.244 e. The monoisotopic (exact) mass is 289 g/mol. The van der Waals surface area contributed by atoms with Gasteiger partial charge in [-0.05, 0) is 30.7 Å². The zero-order valence-corrected chi connectivity index (χ0v) is 11.5. The molecule has 2 aromatic rings. The summed E-state index contributed by atoms with van der Waals surface area (Å²) in [6.45, 7) is 1.89. The normalized spacial score (nSPS) is 13.9. The highest BCUT2D eigenvalue weighted by Crippen LogP contribution is 2.37. The average Bonchev–Trinajstić information content (AvgIpc) is 2.42. The van der Waals surface area contributed by atoms with Crippen molar-refractivity contribution in [1.29, 1.82) is 0 Å². The molecule has 0 spiro atoms. The Morgan fingerprint density at radius 1 is 1.35 bits per heavy atom. The van der Waals surface area contributed by atoms with E-state index in [4.69, 9.17) is 17.3 Å². The molecule has 102 valence electrons. The van der Waals surface area contributed by atoms with Crippen LogP contribution in [-0.4, -0.2) is 22.4 Å². The fourth-order valence-electron chi connectivity index (χ4n) is 2.16. The van der Waals surface area contributed by atoms with E-state index in [0.717, 1.165) is 11.4 Å². The van der Waals surface area contributed by atoms with Crippen molar-refractivity contribution in [2.75, 3.05) is 22.5 Å². The lowest BCUT2D eigenvalue weighted by Gasteiger charge is -2.30. The van der Waals surface area contributed by atoms with Crippen LogP contribution in [0.4, 0.5) is 22.9 Å². The number of rotatable bonds is 1. The van der Waals surface area contributed by atoms with Crippen molar-refractivity contribution < 1.29 is 4.79 Å². The molecule has 2 heterocycles. The topological polar surface area (TPSA) is 84.1 Å². The maximum atomic E-state index is 11.8. The van der Waals surface area contributed by atoms with Gasteiger partial charge in [-0.1, -0.05) is 12.1 Å². The molecular formula is C13H12ClN5O. The van der Waals surface area contributed by atoms with Crippen LogP contribution >= 0.6 is 11.6 Å². The zero-order chi connectivity index (χ0) is 14.3. The van der Waals surface area contributed by atoms with Crippen molar-refractivity contribution in [1.82, 2.24) is 9.97 Å². The number of hydrogen-bond donors (Lipinski definition) is 2. The van der Waals surface area contributed by atoms with E-state index in [1.807, 2.05) is 24.3 Å². The molecule has 0 radical (unpaired) electrons. The lowest BCUT2D eigenvalue weighted by atomic mass is 10.2. The third kappa shape index (κ3) is 2.04. The lowest BCUT2D eigenvalue weighted by Crippen LogP contribution is -2.36. The number of amides is 1. The summed E-state index contributed by atoms with van der Waals surface area (Å²) < 4.78 is 0. The van der Waals surface area contributed by atoms with Crippen LogP contribution in [0.25, 0.3) is 0 Å². The van der Waals surface area contributed by atoms with Gasteiger partial charge in [0.2, 0.25) is 11.2 Å². The van der Waals surface area contributed by atoms with E-state index in [0.29, 0.717) is 17.2 Å². The summed E-state index contributed by atoms with van der Waals surface area (Å²) in [4.78, 5) is 21.7. The first kappa shape index (κ1) is 12.7. The Labute approximate surface area is 120 Å². The molecule has 1 amide bonds. The molecule has 0 bridgehead atoms. The predicted octanol–water partition coefficient (Wildman–Crippen LogP) is 2.11. The lowest BCUT2D eigenvalue weighted by molar-refractivity contribution is -0.115. The van der Waals surface area contributed by atoms with E-state index in [9.17, 15) is 4.79 Å². The molecule has 1 aromatic heterocycles. The molecular weight excluding hydrogens is 278 g/mol. The molecule has 0 fully saturated rings. The van der Waals surface area contributed by atoms with Crippen LogP contribution < -0.4 is 16.0 Å².